The largest absolute Gasteiger partial charge is 0.461 e. The summed E-state index contributed by atoms with van der Waals surface area (Å²) in [5.74, 6) is -2.89. The van der Waals surface area contributed by atoms with Gasteiger partial charge in [-0.15, -0.1) is 0 Å². The van der Waals surface area contributed by atoms with E-state index >= 15 is 0 Å². The molecule has 1 aromatic rings. The Bertz CT molecular complexity index is 1640. The summed E-state index contributed by atoms with van der Waals surface area (Å²) < 4.78 is 58.8. The van der Waals surface area contributed by atoms with E-state index in [0.29, 0.717) is 0 Å². The van der Waals surface area contributed by atoms with Gasteiger partial charge in [-0.1, -0.05) is 18.2 Å². The minimum absolute atomic E-state index is 0.0376. The van der Waals surface area contributed by atoms with Crippen LogP contribution in [0.15, 0.2) is 39.8 Å². The van der Waals surface area contributed by atoms with Crippen LogP contribution in [0.5, 0.6) is 0 Å². The molecule has 14 nitrogen and oxygen atoms in total. The number of carbonyl (C=O) groups is 3. The number of aromatic nitrogens is 2. The summed E-state index contributed by atoms with van der Waals surface area (Å²) in [6.45, 7) is 3.30. The highest BCUT2D eigenvalue weighted by Gasteiger charge is 2.42. The van der Waals surface area contributed by atoms with Crippen molar-refractivity contribution in [3.05, 3.63) is 51.5 Å². The van der Waals surface area contributed by atoms with Crippen LogP contribution in [0.25, 0.3) is 6.08 Å². The number of amides is 1. The van der Waals surface area contributed by atoms with Gasteiger partial charge in [0.2, 0.25) is 0 Å². The molecule has 16 heteroatoms. The minimum Gasteiger partial charge on any atom is -0.461 e. The lowest BCUT2D eigenvalue weighted by Gasteiger charge is -2.17. The van der Waals surface area contributed by atoms with Gasteiger partial charge >= 0.3 is 11.9 Å². The highest BCUT2D eigenvalue weighted by molar-refractivity contribution is 7.91. The van der Waals surface area contributed by atoms with E-state index in [1.54, 1.807) is 13.8 Å². The van der Waals surface area contributed by atoms with Gasteiger partial charge in [0, 0.05) is 0 Å². The molecule has 3 aliphatic rings. The number of nitrogens with one attached hydrogen (secondary N) is 1. The number of hydrogen-bond donors (Lipinski definition) is 1. The molecule has 0 aliphatic carbocycles. The number of sulfone groups is 2. The molecule has 0 radical (unpaired) electrons. The topological polar surface area (TPSA) is 191 Å². The first kappa shape index (κ1) is 30.2. The molecular weight excluding hydrogens is 580 g/mol. The van der Waals surface area contributed by atoms with Gasteiger partial charge in [0.1, 0.15) is 0 Å². The molecule has 0 saturated carbocycles. The van der Waals surface area contributed by atoms with Crippen molar-refractivity contribution < 1.29 is 40.7 Å². The fraction of sp³-hybridized carbons (Fsp3) is 0.480. The first-order chi connectivity index (χ1) is 19.4. The van der Waals surface area contributed by atoms with Crippen molar-refractivity contribution >= 4 is 49.3 Å². The van der Waals surface area contributed by atoms with Gasteiger partial charge in [0.05, 0.1) is 59.4 Å². The summed E-state index contributed by atoms with van der Waals surface area (Å²) in [4.78, 5) is 51.1. The van der Waals surface area contributed by atoms with E-state index in [1.165, 1.54) is 30.4 Å². The number of H-pyrrole nitrogens is 1. The van der Waals surface area contributed by atoms with Crippen LogP contribution in [-0.4, -0.2) is 97.4 Å². The molecule has 2 saturated heterocycles. The van der Waals surface area contributed by atoms with Gasteiger partial charge in [-0.2, -0.15) is 5.10 Å². The van der Waals surface area contributed by atoms with Crippen molar-refractivity contribution in [2.45, 2.75) is 38.8 Å². The zero-order valence-electron chi connectivity index (χ0n) is 22.4. The third kappa shape index (κ3) is 6.59. The zero-order chi connectivity index (χ0) is 29.9. The molecule has 2 unspecified atom stereocenters. The van der Waals surface area contributed by atoms with Crippen molar-refractivity contribution in [3.8, 4) is 0 Å². The summed E-state index contributed by atoms with van der Waals surface area (Å²) in [6, 6.07) is -1.34. The number of ether oxygens (including phenoxy) is 2. The molecule has 222 valence electrons. The SMILES string of the molecule is CCOC(=O)C1=NN(C2CCS(=O)(=O)C2)C(=O)\C1=C/C=C/C=C/c1c(C(=O)OCC)[nH]n(C2CCS(=O)(=O)C2)c1=O. The third-order valence-electron chi connectivity index (χ3n) is 6.68. The first-order valence-electron chi connectivity index (χ1n) is 12.9. The summed E-state index contributed by atoms with van der Waals surface area (Å²) >= 11 is 0. The maximum absolute atomic E-state index is 13.1. The number of aromatic amines is 1. The van der Waals surface area contributed by atoms with E-state index in [4.69, 9.17) is 9.47 Å². The molecule has 1 amide bonds. The molecule has 0 spiro atoms. The van der Waals surface area contributed by atoms with Crippen molar-refractivity contribution in [1.82, 2.24) is 14.8 Å². The average Bonchev–Trinajstić information content (AvgIpc) is 3.63. The highest BCUT2D eigenvalue weighted by atomic mass is 32.2. The van der Waals surface area contributed by atoms with Gasteiger partial charge in [-0.3, -0.25) is 14.7 Å². The van der Waals surface area contributed by atoms with Crippen LogP contribution in [0.4, 0.5) is 0 Å². The van der Waals surface area contributed by atoms with E-state index in [9.17, 15) is 36.0 Å². The van der Waals surface area contributed by atoms with Gasteiger partial charge in [-0.25, -0.2) is 36.1 Å². The van der Waals surface area contributed by atoms with Crippen LogP contribution < -0.4 is 5.56 Å². The highest BCUT2D eigenvalue weighted by Crippen LogP contribution is 2.26. The van der Waals surface area contributed by atoms with E-state index < -0.39 is 55.2 Å². The Kier molecular flexibility index (Phi) is 8.82. The van der Waals surface area contributed by atoms with Gasteiger partial charge < -0.3 is 9.47 Å². The van der Waals surface area contributed by atoms with Gasteiger partial charge in [0.15, 0.2) is 31.1 Å². The Hall–Kier alpha value is -3.79. The zero-order valence-corrected chi connectivity index (χ0v) is 24.1. The first-order valence-corrected chi connectivity index (χ1v) is 16.6. The average molecular weight is 611 g/mol. The number of rotatable bonds is 9. The lowest BCUT2D eigenvalue weighted by atomic mass is 10.1. The van der Waals surface area contributed by atoms with E-state index in [2.05, 4.69) is 10.2 Å². The summed E-state index contributed by atoms with van der Waals surface area (Å²) in [7, 11) is -6.61. The van der Waals surface area contributed by atoms with Crippen LogP contribution in [0.2, 0.25) is 0 Å². The summed E-state index contributed by atoms with van der Waals surface area (Å²) in [6.07, 6.45) is 7.35. The second-order valence-corrected chi connectivity index (χ2v) is 14.0. The number of carbonyl (C=O) groups excluding carboxylic acids is 3. The van der Waals surface area contributed by atoms with Crippen LogP contribution in [0.3, 0.4) is 0 Å². The molecule has 3 aliphatic heterocycles. The summed E-state index contributed by atoms with van der Waals surface area (Å²) in [5.41, 5.74) is -1.10. The fourth-order valence-corrected chi connectivity index (χ4v) is 8.13. The van der Waals surface area contributed by atoms with Crippen LogP contribution in [-0.2, 0) is 38.7 Å². The molecule has 1 aromatic heterocycles. The lowest BCUT2D eigenvalue weighted by Crippen LogP contribution is -2.34. The number of hydrazone groups is 1. The monoisotopic (exact) mass is 610 g/mol. The normalized spacial score (nSPS) is 24.5. The van der Waals surface area contributed by atoms with Crippen LogP contribution >= 0.6 is 0 Å². The van der Waals surface area contributed by atoms with Gasteiger partial charge in [0.25, 0.3) is 11.5 Å². The maximum atomic E-state index is 13.1. The molecular formula is C25H30N4O10S2. The predicted octanol–water partition coefficient (Wildman–Crippen LogP) is 0.157. The van der Waals surface area contributed by atoms with Crippen molar-refractivity contribution in [3.63, 3.8) is 0 Å². The second-order valence-electron chi connectivity index (χ2n) is 9.55. The van der Waals surface area contributed by atoms with Crippen molar-refractivity contribution in [2.24, 2.45) is 5.10 Å². The number of allylic oxidation sites excluding steroid dienone is 4. The number of nitrogens with zero attached hydrogens (tertiary/aromatic N) is 3. The fourth-order valence-electron chi connectivity index (χ4n) is 4.73. The molecule has 0 bridgehead atoms. The van der Waals surface area contributed by atoms with Crippen LogP contribution in [0.1, 0.15) is 48.8 Å². The Morgan fingerprint density at radius 3 is 2.12 bits per heavy atom. The van der Waals surface area contributed by atoms with Gasteiger partial charge in [-0.05, 0) is 38.8 Å². The number of hydrogen-bond acceptors (Lipinski definition) is 11. The minimum atomic E-state index is -3.31. The Labute approximate surface area is 236 Å². The van der Waals surface area contributed by atoms with Crippen molar-refractivity contribution in [2.75, 3.05) is 36.2 Å². The molecule has 41 heavy (non-hydrogen) atoms. The van der Waals surface area contributed by atoms with Crippen LogP contribution in [0, 0.1) is 0 Å². The van der Waals surface area contributed by atoms with E-state index in [1.807, 2.05) is 0 Å². The predicted molar refractivity (Wildman–Crippen MR) is 148 cm³/mol. The molecule has 4 rings (SSSR count). The van der Waals surface area contributed by atoms with Crippen molar-refractivity contribution in [1.29, 1.82) is 0 Å². The molecule has 2 atom stereocenters. The van der Waals surface area contributed by atoms with E-state index in [0.717, 1.165) is 9.69 Å². The second kappa shape index (κ2) is 12.0. The molecule has 0 aromatic carbocycles. The molecule has 2 fully saturated rings. The maximum Gasteiger partial charge on any atom is 0.359 e. The summed E-state index contributed by atoms with van der Waals surface area (Å²) in [5, 5.41) is 7.77. The molecule has 4 heterocycles. The third-order valence-corrected chi connectivity index (χ3v) is 10.2. The Morgan fingerprint density at radius 2 is 1.54 bits per heavy atom. The Balaban J connectivity index is 1.59. The smallest absolute Gasteiger partial charge is 0.359 e. The molecule has 1 N–H and O–H groups in total. The standard InChI is InChI=1S/C25H30N4O10S2/c1-3-38-24(32)20-18(22(30)28(26-20)16-10-12-40(34,35)14-16)8-6-5-7-9-19-21(25(33)39-4-2)27-29(23(19)31)17-11-13-41(36,37)15-17/h5-9,16-17,26H,3-4,10-15H2,1-2H3/b7-5+,8-6+,19-9-. The number of esters is 2. The lowest BCUT2D eigenvalue weighted by molar-refractivity contribution is -0.135. The quantitative estimate of drug-likeness (QED) is 0.229. The van der Waals surface area contributed by atoms with E-state index in [-0.39, 0.29) is 71.6 Å². The Morgan fingerprint density at radius 1 is 0.927 bits per heavy atom.